The molecule has 0 amide bonds. The van der Waals surface area contributed by atoms with E-state index in [1.54, 1.807) is 0 Å². The molecule has 2 saturated heterocycles. The third-order valence-electron chi connectivity index (χ3n) is 4.45. The number of carbonyl (C=O) groups is 1. The number of rotatable bonds is 3. The predicted molar refractivity (Wildman–Crippen MR) is 94.1 cm³/mol. The van der Waals surface area contributed by atoms with Crippen molar-refractivity contribution in [1.29, 1.82) is 0 Å². The Labute approximate surface area is 141 Å². The molecule has 3 heteroatoms. The SMILES string of the molecule is CC(C)C(C(=O)OC(C)(C)C)N1CC2CC1C2.c1ccccc1. The van der Waals surface area contributed by atoms with Crippen molar-refractivity contribution < 1.29 is 9.53 Å². The summed E-state index contributed by atoms with van der Waals surface area (Å²) in [6, 6.07) is 12.6. The fourth-order valence-corrected chi connectivity index (χ4v) is 3.45. The van der Waals surface area contributed by atoms with Gasteiger partial charge in [-0.2, -0.15) is 0 Å². The molecule has 0 N–H and O–H groups in total. The van der Waals surface area contributed by atoms with Crippen LogP contribution in [0.1, 0.15) is 47.5 Å². The molecule has 1 saturated carbocycles. The maximum atomic E-state index is 12.3. The molecule has 23 heavy (non-hydrogen) atoms. The highest BCUT2D eigenvalue weighted by molar-refractivity contribution is 5.76. The van der Waals surface area contributed by atoms with Crippen LogP contribution in [0.5, 0.6) is 0 Å². The van der Waals surface area contributed by atoms with Crippen molar-refractivity contribution in [3.63, 3.8) is 0 Å². The first-order chi connectivity index (χ1) is 10.8. The van der Waals surface area contributed by atoms with Crippen LogP contribution in [0.4, 0.5) is 0 Å². The van der Waals surface area contributed by atoms with Crippen molar-refractivity contribution in [1.82, 2.24) is 4.90 Å². The van der Waals surface area contributed by atoms with Gasteiger partial charge in [0.15, 0.2) is 0 Å². The summed E-state index contributed by atoms with van der Waals surface area (Å²) in [5, 5.41) is 0. The molecule has 1 aromatic rings. The van der Waals surface area contributed by atoms with Crippen molar-refractivity contribution >= 4 is 5.97 Å². The van der Waals surface area contributed by atoms with Gasteiger partial charge in [-0.1, -0.05) is 50.2 Å². The van der Waals surface area contributed by atoms with E-state index in [1.807, 2.05) is 57.2 Å². The number of carbonyl (C=O) groups excluding carboxylic acids is 1. The van der Waals surface area contributed by atoms with Crippen LogP contribution in [0, 0.1) is 11.8 Å². The quantitative estimate of drug-likeness (QED) is 0.785. The number of hydrogen-bond donors (Lipinski definition) is 0. The van der Waals surface area contributed by atoms with Gasteiger partial charge in [-0.25, -0.2) is 0 Å². The van der Waals surface area contributed by atoms with Crippen LogP contribution in [0.3, 0.4) is 0 Å². The average Bonchev–Trinajstić information content (AvgIpc) is 2.98. The van der Waals surface area contributed by atoms with E-state index >= 15 is 0 Å². The van der Waals surface area contributed by atoms with Gasteiger partial charge in [0, 0.05) is 12.6 Å². The van der Waals surface area contributed by atoms with Crippen LogP contribution in [0.2, 0.25) is 0 Å². The maximum Gasteiger partial charge on any atom is 0.324 e. The number of hydrogen-bond acceptors (Lipinski definition) is 3. The van der Waals surface area contributed by atoms with E-state index in [9.17, 15) is 4.79 Å². The summed E-state index contributed by atoms with van der Waals surface area (Å²) in [6.45, 7) is 11.1. The van der Waals surface area contributed by atoms with E-state index in [-0.39, 0.29) is 17.6 Å². The fraction of sp³-hybridized carbons (Fsp3) is 0.650. The molecule has 2 bridgehead atoms. The highest BCUT2D eigenvalue weighted by Crippen LogP contribution is 2.43. The number of benzene rings is 1. The van der Waals surface area contributed by atoms with E-state index in [0.717, 1.165) is 12.5 Å². The van der Waals surface area contributed by atoms with Gasteiger partial charge in [-0.05, 0) is 45.4 Å². The lowest BCUT2D eigenvalue weighted by Gasteiger charge is -2.35. The van der Waals surface area contributed by atoms with E-state index < -0.39 is 0 Å². The molecule has 1 aromatic carbocycles. The minimum absolute atomic E-state index is 0.0416. The molecule has 0 spiro atoms. The van der Waals surface area contributed by atoms with E-state index in [2.05, 4.69) is 18.7 Å². The minimum Gasteiger partial charge on any atom is -0.459 e. The van der Waals surface area contributed by atoms with Crippen LogP contribution in [-0.4, -0.2) is 35.1 Å². The fourth-order valence-electron chi connectivity index (χ4n) is 3.45. The molecule has 2 heterocycles. The number of esters is 1. The van der Waals surface area contributed by atoms with Crippen LogP contribution >= 0.6 is 0 Å². The van der Waals surface area contributed by atoms with Gasteiger partial charge < -0.3 is 4.74 Å². The lowest BCUT2D eigenvalue weighted by atomic mass is 9.86. The maximum absolute atomic E-state index is 12.3. The standard InChI is InChI=1S/C14H25NO2.C6H6/c1-9(2)12(13(16)17-14(3,4)5)15-8-10-6-11(15)7-10;1-2-4-6-5-3-1/h9-12H,6-8H2,1-5H3;1-6H. The monoisotopic (exact) mass is 317 g/mol. The van der Waals surface area contributed by atoms with Crippen LogP contribution < -0.4 is 0 Å². The second kappa shape index (κ2) is 7.48. The van der Waals surface area contributed by atoms with Gasteiger partial charge in [0.25, 0.3) is 0 Å². The van der Waals surface area contributed by atoms with Crippen LogP contribution in [0.15, 0.2) is 36.4 Å². The molecular weight excluding hydrogens is 286 g/mol. The highest BCUT2D eigenvalue weighted by Gasteiger charge is 2.48. The Morgan fingerprint density at radius 3 is 1.83 bits per heavy atom. The zero-order valence-corrected chi connectivity index (χ0v) is 15.2. The zero-order valence-electron chi connectivity index (χ0n) is 15.2. The Morgan fingerprint density at radius 2 is 1.52 bits per heavy atom. The Kier molecular flexibility index (Phi) is 5.85. The summed E-state index contributed by atoms with van der Waals surface area (Å²) in [5.74, 6) is 1.12. The molecular formula is C20H31NO2. The van der Waals surface area contributed by atoms with Crippen LogP contribution in [-0.2, 0) is 9.53 Å². The lowest BCUT2D eigenvalue weighted by molar-refractivity contribution is -0.163. The van der Waals surface area contributed by atoms with Gasteiger partial charge in [0.05, 0.1) is 0 Å². The second-order valence-corrected chi connectivity index (χ2v) is 8.07. The van der Waals surface area contributed by atoms with E-state index in [0.29, 0.717) is 12.0 Å². The van der Waals surface area contributed by atoms with Gasteiger partial charge in [-0.3, -0.25) is 9.69 Å². The Morgan fingerprint density at radius 1 is 1.04 bits per heavy atom. The number of fused-ring (bicyclic) bond motifs is 1. The molecule has 3 nitrogen and oxygen atoms in total. The van der Waals surface area contributed by atoms with Gasteiger partial charge >= 0.3 is 5.97 Å². The first-order valence-corrected chi connectivity index (χ1v) is 8.76. The Balaban J connectivity index is 0.000000268. The predicted octanol–water partition coefficient (Wildman–Crippen LogP) is 4.13. The molecule has 0 radical (unpaired) electrons. The lowest BCUT2D eigenvalue weighted by Crippen LogP contribution is -2.48. The third kappa shape index (κ3) is 5.07. The molecule has 2 aliphatic heterocycles. The van der Waals surface area contributed by atoms with Crippen molar-refractivity contribution in [2.75, 3.05) is 6.54 Å². The average molecular weight is 317 g/mol. The van der Waals surface area contributed by atoms with Crippen LogP contribution in [0.25, 0.3) is 0 Å². The Hall–Kier alpha value is -1.35. The van der Waals surface area contributed by atoms with Gasteiger partial charge in [0.2, 0.25) is 0 Å². The molecule has 4 rings (SSSR count). The number of ether oxygens (including phenoxy) is 1. The summed E-state index contributed by atoms with van der Waals surface area (Å²) in [5.41, 5.74) is -0.382. The van der Waals surface area contributed by atoms with Crippen molar-refractivity contribution in [3.8, 4) is 0 Å². The minimum atomic E-state index is -0.382. The van der Waals surface area contributed by atoms with E-state index in [1.165, 1.54) is 12.8 Å². The summed E-state index contributed by atoms with van der Waals surface area (Å²) < 4.78 is 5.56. The molecule has 1 unspecified atom stereocenters. The van der Waals surface area contributed by atoms with E-state index in [4.69, 9.17) is 4.74 Å². The third-order valence-corrected chi connectivity index (χ3v) is 4.45. The summed E-state index contributed by atoms with van der Waals surface area (Å²) in [7, 11) is 0. The highest BCUT2D eigenvalue weighted by atomic mass is 16.6. The molecule has 3 aliphatic rings. The molecule has 1 aliphatic carbocycles. The smallest absolute Gasteiger partial charge is 0.324 e. The Bertz CT molecular complexity index is 459. The number of nitrogens with zero attached hydrogens (tertiary/aromatic N) is 1. The zero-order chi connectivity index (χ0) is 17.0. The summed E-state index contributed by atoms with van der Waals surface area (Å²) in [6.07, 6.45) is 2.57. The van der Waals surface area contributed by atoms with Gasteiger partial charge in [0.1, 0.15) is 11.6 Å². The van der Waals surface area contributed by atoms with Crippen molar-refractivity contribution in [2.45, 2.75) is 65.1 Å². The molecule has 128 valence electrons. The largest absolute Gasteiger partial charge is 0.459 e. The summed E-state index contributed by atoms with van der Waals surface area (Å²) in [4.78, 5) is 14.7. The first kappa shape index (κ1) is 18.0. The van der Waals surface area contributed by atoms with Gasteiger partial charge in [-0.15, -0.1) is 0 Å². The normalized spacial score (nSPS) is 24.4. The molecule has 1 atom stereocenters. The molecule has 3 fully saturated rings. The van der Waals surface area contributed by atoms with Crippen molar-refractivity contribution in [2.24, 2.45) is 11.8 Å². The second-order valence-electron chi connectivity index (χ2n) is 8.07. The van der Waals surface area contributed by atoms with Crippen molar-refractivity contribution in [3.05, 3.63) is 36.4 Å². The topological polar surface area (TPSA) is 29.5 Å². The first-order valence-electron chi connectivity index (χ1n) is 8.76. The molecule has 0 aromatic heterocycles. The summed E-state index contributed by atoms with van der Waals surface area (Å²) >= 11 is 0.